The maximum absolute atomic E-state index is 13.4. The molecule has 5 nitrogen and oxygen atoms in total. The van der Waals surface area contributed by atoms with E-state index in [0.717, 1.165) is 5.56 Å². The molecule has 27 heavy (non-hydrogen) atoms. The highest BCUT2D eigenvalue weighted by Crippen LogP contribution is 2.32. The first-order valence-electron chi connectivity index (χ1n) is 8.50. The number of ether oxygens (including phenoxy) is 1. The Morgan fingerprint density at radius 2 is 1.93 bits per heavy atom. The van der Waals surface area contributed by atoms with Crippen molar-refractivity contribution < 1.29 is 18.4 Å². The van der Waals surface area contributed by atoms with Crippen LogP contribution in [0.2, 0.25) is 0 Å². The smallest absolute Gasteiger partial charge is 0.294 e. The largest absolute Gasteiger partial charge is 0.495 e. The van der Waals surface area contributed by atoms with Gasteiger partial charge in [-0.15, -0.1) is 0 Å². The van der Waals surface area contributed by atoms with Gasteiger partial charge < -0.3 is 14.6 Å². The number of amides is 1. The maximum atomic E-state index is 13.4. The van der Waals surface area contributed by atoms with Crippen molar-refractivity contribution in [1.29, 1.82) is 0 Å². The van der Waals surface area contributed by atoms with E-state index in [9.17, 15) is 9.18 Å². The molecule has 0 fully saturated rings. The van der Waals surface area contributed by atoms with Crippen LogP contribution in [-0.2, 0) is 5.41 Å². The van der Waals surface area contributed by atoms with Gasteiger partial charge in [-0.3, -0.25) is 4.79 Å². The molecule has 0 aliphatic heterocycles. The highest BCUT2D eigenvalue weighted by Gasteiger charge is 2.19. The number of carbonyl (C=O) groups excluding carboxylic acids is 1. The average Bonchev–Trinajstić information content (AvgIpc) is 3.11. The molecule has 1 N–H and O–H groups in total. The topological polar surface area (TPSA) is 64.4 Å². The van der Waals surface area contributed by atoms with E-state index in [-0.39, 0.29) is 17.0 Å². The van der Waals surface area contributed by atoms with Gasteiger partial charge in [0.1, 0.15) is 17.3 Å². The van der Waals surface area contributed by atoms with Crippen LogP contribution >= 0.6 is 0 Å². The number of anilines is 1. The number of nitrogens with one attached hydrogen (secondary N) is 1. The van der Waals surface area contributed by atoms with Gasteiger partial charge in [0.15, 0.2) is 0 Å². The lowest BCUT2D eigenvalue weighted by Crippen LogP contribution is -2.15. The van der Waals surface area contributed by atoms with Crippen molar-refractivity contribution in [1.82, 2.24) is 5.16 Å². The number of rotatable bonds is 4. The minimum Gasteiger partial charge on any atom is -0.495 e. The SMILES string of the molecule is COc1ccc(C(C)(C)C)cc1NC(=O)c1cc(-c2cccc(F)c2)no1. The summed E-state index contributed by atoms with van der Waals surface area (Å²) in [6.45, 7) is 6.26. The van der Waals surface area contributed by atoms with Crippen LogP contribution in [0.15, 0.2) is 53.1 Å². The third-order valence-corrected chi connectivity index (χ3v) is 4.17. The van der Waals surface area contributed by atoms with E-state index in [1.165, 1.54) is 25.3 Å². The van der Waals surface area contributed by atoms with Crippen LogP contribution < -0.4 is 10.1 Å². The third-order valence-electron chi connectivity index (χ3n) is 4.17. The lowest BCUT2D eigenvalue weighted by molar-refractivity contribution is 0.0987. The Labute approximate surface area is 157 Å². The van der Waals surface area contributed by atoms with Crippen molar-refractivity contribution in [3.05, 3.63) is 65.7 Å². The summed E-state index contributed by atoms with van der Waals surface area (Å²) in [7, 11) is 1.54. The number of halogens is 1. The standard InChI is InChI=1S/C21H21FN2O3/c1-21(2,3)14-8-9-18(26-4)17(11-14)23-20(25)19-12-16(24-27-19)13-6-5-7-15(22)10-13/h5-12H,1-4H3,(H,23,25). The molecule has 3 aromatic rings. The van der Waals surface area contributed by atoms with E-state index in [1.807, 2.05) is 18.2 Å². The number of methoxy groups -OCH3 is 1. The Balaban J connectivity index is 1.86. The van der Waals surface area contributed by atoms with Gasteiger partial charge in [-0.2, -0.15) is 0 Å². The average molecular weight is 368 g/mol. The molecule has 6 heteroatoms. The molecule has 0 radical (unpaired) electrons. The number of hydrogen-bond donors (Lipinski definition) is 1. The number of benzene rings is 2. The highest BCUT2D eigenvalue weighted by molar-refractivity contribution is 6.03. The molecule has 1 amide bonds. The zero-order chi connectivity index (χ0) is 19.6. The quantitative estimate of drug-likeness (QED) is 0.701. The molecule has 0 saturated heterocycles. The summed E-state index contributed by atoms with van der Waals surface area (Å²) in [6, 6.07) is 13.1. The molecular formula is C21H21FN2O3. The fourth-order valence-electron chi connectivity index (χ4n) is 2.62. The molecule has 140 valence electrons. The van der Waals surface area contributed by atoms with Crippen molar-refractivity contribution in [2.24, 2.45) is 0 Å². The van der Waals surface area contributed by atoms with Gasteiger partial charge in [-0.1, -0.05) is 44.1 Å². The van der Waals surface area contributed by atoms with Crippen LogP contribution in [0, 0.1) is 5.82 Å². The van der Waals surface area contributed by atoms with Gasteiger partial charge in [0.2, 0.25) is 5.76 Å². The Kier molecular flexibility index (Phi) is 4.99. The zero-order valence-corrected chi connectivity index (χ0v) is 15.7. The minimum absolute atomic E-state index is 0.0254. The summed E-state index contributed by atoms with van der Waals surface area (Å²) in [6.07, 6.45) is 0. The first kappa shape index (κ1) is 18.6. The fourth-order valence-corrected chi connectivity index (χ4v) is 2.62. The number of hydrogen-bond acceptors (Lipinski definition) is 4. The van der Waals surface area contributed by atoms with Crippen LogP contribution in [0.1, 0.15) is 36.9 Å². The molecule has 1 heterocycles. The molecule has 0 saturated carbocycles. The van der Waals surface area contributed by atoms with E-state index in [0.29, 0.717) is 22.7 Å². The summed E-state index contributed by atoms with van der Waals surface area (Å²) >= 11 is 0. The number of carbonyl (C=O) groups is 1. The lowest BCUT2D eigenvalue weighted by Gasteiger charge is -2.21. The van der Waals surface area contributed by atoms with Crippen molar-refractivity contribution >= 4 is 11.6 Å². The van der Waals surface area contributed by atoms with E-state index >= 15 is 0 Å². The second-order valence-electron chi connectivity index (χ2n) is 7.21. The van der Waals surface area contributed by atoms with E-state index in [2.05, 4.69) is 31.2 Å². The van der Waals surface area contributed by atoms with Crippen molar-refractivity contribution in [3.8, 4) is 17.0 Å². The molecule has 0 bridgehead atoms. The molecule has 0 aliphatic carbocycles. The molecule has 0 atom stereocenters. The molecule has 0 aliphatic rings. The molecule has 0 spiro atoms. The molecule has 0 unspecified atom stereocenters. The highest BCUT2D eigenvalue weighted by atomic mass is 19.1. The van der Waals surface area contributed by atoms with Crippen LogP contribution in [0.4, 0.5) is 10.1 Å². The normalized spacial score (nSPS) is 11.3. The molecule has 1 aromatic heterocycles. The van der Waals surface area contributed by atoms with Crippen molar-refractivity contribution in [3.63, 3.8) is 0 Å². The number of aromatic nitrogens is 1. The Hall–Kier alpha value is -3.15. The van der Waals surface area contributed by atoms with Crippen LogP contribution in [0.5, 0.6) is 5.75 Å². The van der Waals surface area contributed by atoms with E-state index < -0.39 is 5.91 Å². The van der Waals surface area contributed by atoms with E-state index in [4.69, 9.17) is 9.26 Å². The Morgan fingerprint density at radius 3 is 2.59 bits per heavy atom. The Bertz CT molecular complexity index is 974. The molecule has 2 aromatic carbocycles. The van der Waals surface area contributed by atoms with Gasteiger partial charge >= 0.3 is 0 Å². The summed E-state index contributed by atoms with van der Waals surface area (Å²) in [5.74, 6) is -0.279. The van der Waals surface area contributed by atoms with Gasteiger partial charge in [0.05, 0.1) is 12.8 Å². The van der Waals surface area contributed by atoms with Crippen LogP contribution in [-0.4, -0.2) is 18.2 Å². The first-order valence-corrected chi connectivity index (χ1v) is 8.50. The number of nitrogens with zero attached hydrogens (tertiary/aromatic N) is 1. The van der Waals surface area contributed by atoms with Gasteiger partial charge in [0.25, 0.3) is 5.91 Å². The van der Waals surface area contributed by atoms with E-state index in [1.54, 1.807) is 12.1 Å². The van der Waals surface area contributed by atoms with Gasteiger partial charge in [-0.05, 0) is 35.2 Å². The van der Waals surface area contributed by atoms with Crippen molar-refractivity contribution in [2.75, 3.05) is 12.4 Å². The molecular weight excluding hydrogens is 347 g/mol. The Morgan fingerprint density at radius 1 is 1.15 bits per heavy atom. The summed E-state index contributed by atoms with van der Waals surface area (Å²) < 4.78 is 23.8. The summed E-state index contributed by atoms with van der Waals surface area (Å²) in [5.41, 5.74) is 2.43. The van der Waals surface area contributed by atoms with Gasteiger partial charge in [0, 0.05) is 11.6 Å². The first-order chi connectivity index (χ1) is 12.8. The predicted molar refractivity (Wildman–Crippen MR) is 102 cm³/mol. The minimum atomic E-state index is -0.463. The van der Waals surface area contributed by atoms with Crippen LogP contribution in [0.3, 0.4) is 0 Å². The second-order valence-corrected chi connectivity index (χ2v) is 7.21. The predicted octanol–water partition coefficient (Wildman–Crippen LogP) is 5.04. The molecule has 3 rings (SSSR count). The lowest BCUT2D eigenvalue weighted by atomic mass is 9.87. The third kappa shape index (κ3) is 4.16. The maximum Gasteiger partial charge on any atom is 0.294 e. The second kappa shape index (κ2) is 7.23. The van der Waals surface area contributed by atoms with Crippen molar-refractivity contribution in [2.45, 2.75) is 26.2 Å². The fraction of sp³-hybridized carbons (Fsp3) is 0.238. The summed E-state index contributed by atoms with van der Waals surface area (Å²) in [5, 5.41) is 6.65. The van der Waals surface area contributed by atoms with Gasteiger partial charge in [-0.25, -0.2) is 4.39 Å². The van der Waals surface area contributed by atoms with Crippen LogP contribution in [0.25, 0.3) is 11.3 Å². The summed E-state index contributed by atoms with van der Waals surface area (Å²) in [4.78, 5) is 12.6. The zero-order valence-electron chi connectivity index (χ0n) is 15.7. The monoisotopic (exact) mass is 368 g/mol.